The van der Waals surface area contributed by atoms with Crippen LogP contribution in [0.4, 0.5) is 0 Å². The van der Waals surface area contributed by atoms with Crippen LogP contribution in [-0.2, 0) is 6.42 Å². The van der Waals surface area contributed by atoms with E-state index < -0.39 is 0 Å². The van der Waals surface area contributed by atoms with Gasteiger partial charge in [0.15, 0.2) is 0 Å². The molecule has 0 aliphatic heterocycles. The first-order valence-electron chi connectivity index (χ1n) is 7.39. The van der Waals surface area contributed by atoms with Gasteiger partial charge in [0.1, 0.15) is 0 Å². The molecule has 1 aromatic heterocycles. The van der Waals surface area contributed by atoms with Crippen LogP contribution in [-0.4, -0.2) is 15.9 Å². The van der Waals surface area contributed by atoms with E-state index in [0.717, 1.165) is 29.7 Å². The van der Waals surface area contributed by atoms with Crippen molar-refractivity contribution in [2.75, 3.05) is 5.75 Å². The van der Waals surface area contributed by atoms with Crippen LogP contribution < -0.4 is 0 Å². The highest BCUT2D eigenvalue weighted by atomic mass is 32.2. The van der Waals surface area contributed by atoms with Crippen molar-refractivity contribution in [2.24, 2.45) is 0 Å². The smallest absolute Gasteiger partial charge is 0.226 e. The molecule has 1 heterocycles. The largest absolute Gasteiger partial charge is 0.339 e. The Kier molecular flexibility index (Phi) is 4.91. The lowest BCUT2D eigenvalue weighted by Crippen LogP contribution is -1.89. The summed E-state index contributed by atoms with van der Waals surface area (Å²) in [6.07, 6.45) is 1.84. The predicted molar refractivity (Wildman–Crippen MR) is 90.0 cm³/mol. The highest BCUT2D eigenvalue weighted by Gasteiger charge is 2.10. The molecule has 0 aliphatic carbocycles. The Morgan fingerprint density at radius 2 is 1.77 bits per heavy atom. The molecule has 0 bridgehead atoms. The Bertz CT molecular complexity index is 725. The average Bonchev–Trinajstić information content (AvgIpc) is 3.02. The van der Waals surface area contributed by atoms with Crippen LogP contribution in [0.5, 0.6) is 0 Å². The van der Waals surface area contributed by atoms with Crippen LogP contribution in [0.2, 0.25) is 0 Å². The third-order valence-corrected chi connectivity index (χ3v) is 4.50. The zero-order valence-corrected chi connectivity index (χ0v) is 13.3. The van der Waals surface area contributed by atoms with E-state index in [2.05, 4.69) is 47.4 Å². The standard InChI is InChI=1S/C18H18N2OS/c1-14-8-5-6-11-16(14)18-19-17(21-20-18)12-7-13-22-15-9-3-2-4-10-15/h2-6,8-11H,7,12-13H2,1H3. The van der Waals surface area contributed by atoms with Gasteiger partial charge < -0.3 is 4.52 Å². The van der Waals surface area contributed by atoms with Crippen molar-refractivity contribution < 1.29 is 4.52 Å². The molecule has 4 heteroatoms. The van der Waals surface area contributed by atoms with Gasteiger partial charge in [-0.1, -0.05) is 47.6 Å². The van der Waals surface area contributed by atoms with Gasteiger partial charge >= 0.3 is 0 Å². The van der Waals surface area contributed by atoms with Gasteiger partial charge in [-0.05, 0) is 36.8 Å². The molecule has 112 valence electrons. The van der Waals surface area contributed by atoms with Crippen LogP contribution in [0.25, 0.3) is 11.4 Å². The fourth-order valence-corrected chi connectivity index (χ4v) is 3.09. The predicted octanol–water partition coefficient (Wildman–Crippen LogP) is 4.77. The van der Waals surface area contributed by atoms with Crippen molar-refractivity contribution >= 4 is 11.8 Å². The van der Waals surface area contributed by atoms with Gasteiger partial charge in [-0.2, -0.15) is 4.98 Å². The molecule has 2 aromatic carbocycles. The number of thioether (sulfide) groups is 1. The lowest BCUT2D eigenvalue weighted by molar-refractivity contribution is 0.378. The minimum atomic E-state index is 0.684. The Morgan fingerprint density at radius 3 is 2.59 bits per heavy atom. The van der Waals surface area contributed by atoms with E-state index >= 15 is 0 Å². The highest BCUT2D eigenvalue weighted by molar-refractivity contribution is 7.99. The summed E-state index contributed by atoms with van der Waals surface area (Å²) in [4.78, 5) is 5.80. The second-order valence-corrected chi connectivity index (χ2v) is 6.26. The van der Waals surface area contributed by atoms with E-state index in [1.165, 1.54) is 4.90 Å². The molecule has 0 saturated carbocycles. The summed E-state index contributed by atoms with van der Waals surface area (Å²) in [5.74, 6) is 2.45. The Hall–Kier alpha value is -2.07. The zero-order valence-electron chi connectivity index (χ0n) is 12.5. The SMILES string of the molecule is Cc1ccccc1-c1noc(CCCSc2ccccc2)n1. The molecule has 0 unspecified atom stereocenters. The minimum absolute atomic E-state index is 0.684. The molecule has 0 radical (unpaired) electrons. The fourth-order valence-electron chi connectivity index (χ4n) is 2.22. The van der Waals surface area contributed by atoms with E-state index in [9.17, 15) is 0 Å². The van der Waals surface area contributed by atoms with Gasteiger partial charge in [0, 0.05) is 16.9 Å². The molecule has 0 aliphatic rings. The van der Waals surface area contributed by atoms with E-state index in [1.807, 2.05) is 36.0 Å². The molecule has 0 saturated heterocycles. The molecule has 3 nitrogen and oxygen atoms in total. The number of hydrogen-bond donors (Lipinski definition) is 0. The molecule has 3 aromatic rings. The van der Waals surface area contributed by atoms with Crippen LogP contribution in [0.3, 0.4) is 0 Å². The van der Waals surface area contributed by atoms with Crippen molar-refractivity contribution in [1.29, 1.82) is 0 Å². The van der Waals surface area contributed by atoms with Crippen molar-refractivity contribution in [3.05, 3.63) is 66.1 Å². The summed E-state index contributed by atoms with van der Waals surface area (Å²) in [5.41, 5.74) is 2.20. The number of rotatable bonds is 6. The molecule has 0 amide bonds. The van der Waals surface area contributed by atoms with Crippen LogP contribution in [0, 0.1) is 6.92 Å². The van der Waals surface area contributed by atoms with E-state index in [1.54, 1.807) is 0 Å². The molecule has 3 rings (SSSR count). The van der Waals surface area contributed by atoms with Crippen molar-refractivity contribution in [3.8, 4) is 11.4 Å². The number of aromatic nitrogens is 2. The van der Waals surface area contributed by atoms with Gasteiger partial charge in [0.25, 0.3) is 0 Å². The number of aryl methyl sites for hydroxylation is 2. The first-order valence-corrected chi connectivity index (χ1v) is 8.38. The molecule has 0 fully saturated rings. The second-order valence-electron chi connectivity index (χ2n) is 5.09. The van der Waals surface area contributed by atoms with Gasteiger partial charge in [-0.15, -0.1) is 11.8 Å². The van der Waals surface area contributed by atoms with E-state index in [0.29, 0.717) is 11.7 Å². The van der Waals surface area contributed by atoms with E-state index in [4.69, 9.17) is 4.52 Å². The average molecular weight is 310 g/mol. The molecule has 0 spiro atoms. The normalized spacial score (nSPS) is 10.8. The monoisotopic (exact) mass is 310 g/mol. The summed E-state index contributed by atoms with van der Waals surface area (Å²) in [6, 6.07) is 18.5. The second kappa shape index (κ2) is 7.27. The maximum Gasteiger partial charge on any atom is 0.226 e. The fraction of sp³-hybridized carbons (Fsp3) is 0.222. The van der Waals surface area contributed by atoms with Gasteiger partial charge in [-0.25, -0.2) is 0 Å². The molecular formula is C18H18N2OS. The molecular weight excluding hydrogens is 292 g/mol. The lowest BCUT2D eigenvalue weighted by atomic mass is 10.1. The Morgan fingerprint density at radius 1 is 1.00 bits per heavy atom. The van der Waals surface area contributed by atoms with Crippen molar-refractivity contribution in [3.63, 3.8) is 0 Å². The van der Waals surface area contributed by atoms with Crippen molar-refractivity contribution in [1.82, 2.24) is 10.1 Å². The van der Waals surface area contributed by atoms with Crippen LogP contribution >= 0.6 is 11.8 Å². The molecule has 0 N–H and O–H groups in total. The van der Waals surface area contributed by atoms with Crippen LogP contribution in [0.1, 0.15) is 17.9 Å². The molecule has 22 heavy (non-hydrogen) atoms. The lowest BCUT2D eigenvalue weighted by Gasteiger charge is -1.99. The third-order valence-electron chi connectivity index (χ3n) is 3.40. The Balaban J connectivity index is 1.53. The first-order chi connectivity index (χ1) is 10.8. The summed E-state index contributed by atoms with van der Waals surface area (Å²) < 4.78 is 5.36. The highest BCUT2D eigenvalue weighted by Crippen LogP contribution is 2.21. The topological polar surface area (TPSA) is 38.9 Å². The maximum absolute atomic E-state index is 5.36. The molecule has 0 atom stereocenters. The summed E-state index contributed by atoms with van der Waals surface area (Å²) in [6.45, 7) is 2.06. The van der Waals surface area contributed by atoms with E-state index in [-0.39, 0.29) is 0 Å². The van der Waals surface area contributed by atoms with Gasteiger partial charge in [0.2, 0.25) is 11.7 Å². The zero-order chi connectivity index (χ0) is 15.2. The summed E-state index contributed by atoms with van der Waals surface area (Å²) >= 11 is 1.86. The first kappa shape index (κ1) is 14.9. The Labute approximate surface area is 134 Å². The van der Waals surface area contributed by atoms with Gasteiger partial charge in [-0.3, -0.25) is 0 Å². The van der Waals surface area contributed by atoms with Gasteiger partial charge in [0.05, 0.1) is 0 Å². The van der Waals surface area contributed by atoms with Crippen molar-refractivity contribution in [2.45, 2.75) is 24.7 Å². The van der Waals surface area contributed by atoms with Crippen LogP contribution in [0.15, 0.2) is 64.0 Å². The minimum Gasteiger partial charge on any atom is -0.339 e. The number of nitrogens with zero attached hydrogens (tertiary/aromatic N) is 2. The summed E-state index contributed by atoms with van der Waals surface area (Å²) in [7, 11) is 0. The third kappa shape index (κ3) is 3.77. The maximum atomic E-state index is 5.36. The quantitative estimate of drug-likeness (QED) is 0.485. The summed E-state index contributed by atoms with van der Waals surface area (Å²) in [5, 5.41) is 4.09. The number of hydrogen-bond acceptors (Lipinski definition) is 4. The number of benzene rings is 2.